The molecule has 0 bridgehead atoms. The van der Waals surface area contributed by atoms with Crippen LogP contribution < -0.4 is 10.4 Å². The van der Waals surface area contributed by atoms with Crippen LogP contribution in [0.15, 0.2) is 21.8 Å². The number of fused-ring (bicyclic) bond motifs is 1. The van der Waals surface area contributed by atoms with E-state index < -0.39 is 43.4 Å². The lowest BCUT2D eigenvalue weighted by molar-refractivity contribution is -0.136. The van der Waals surface area contributed by atoms with Crippen molar-refractivity contribution in [2.24, 2.45) is 7.05 Å². The van der Waals surface area contributed by atoms with Gasteiger partial charge in [0.15, 0.2) is 0 Å². The molecule has 0 aliphatic heterocycles. The molecule has 13 heteroatoms. The molecule has 8 nitrogen and oxygen atoms in total. The van der Waals surface area contributed by atoms with Crippen molar-refractivity contribution in [3.05, 3.63) is 33.2 Å². The number of hydrogen-bond acceptors (Lipinski definition) is 6. The zero-order valence-corrected chi connectivity index (χ0v) is 17.2. The molecule has 0 radical (unpaired) electrons. The monoisotopic (exact) mass is 447 g/mol. The molecule has 1 fully saturated rings. The van der Waals surface area contributed by atoms with Gasteiger partial charge in [0.1, 0.15) is 5.01 Å². The number of hydrogen-bond donors (Lipinski definition) is 1. The lowest BCUT2D eigenvalue weighted by Gasteiger charge is -2.15. The quantitative estimate of drug-likeness (QED) is 0.662. The Bertz CT molecular complexity index is 1300. The summed E-state index contributed by atoms with van der Waals surface area (Å²) >= 11 is 1.01. The average Bonchev–Trinajstić information content (AvgIpc) is 3.06. The van der Waals surface area contributed by atoms with Crippen molar-refractivity contribution in [2.45, 2.75) is 43.3 Å². The fourth-order valence-corrected chi connectivity index (χ4v) is 5.28. The molecular weight excluding hydrogens is 431 g/mol. The average molecular weight is 447 g/mol. The van der Waals surface area contributed by atoms with Gasteiger partial charge in [0.25, 0.3) is 0 Å². The minimum absolute atomic E-state index is 0.0582. The second-order valence-corrected chi connectivity index (χ2v) is 10.1. The van der Waals surface area contributed by atoms with Crippen LogP contribution in [0, 0.1) is 6.92 Å². The van der Waals surface area contributed by atoms with Gasteiger partial charge < -0.3 is 0 Å². The first-order valence-corrected chi connectivity index (χ1v) is 10.8. The van der Waals surface area contributed by atoms with Crippen LogP contribution in [0.3, 0.4) is 0 Å². The molecule has 1 aliphatic rings. The van der Waals surface area contributed by atoms with Crippen LogP contribution in [0.5, 0.6) is 0 Å². The van der Waals surface area contributed by atoms with Gasteiger partial charge in [-0.2, -0.15) is 13.2 Å². The number of nitrogens with zero attached hydrogens (tertiary/aromatic N) is 4. The SMILES string of the molecule is Cc1nnc(-n2c(=O)n(C)c3c(C(F)(F)F)cc(S(=O)(=O)NC4(C)CC4)cc32)s1. The number of halogens is 3. The fraction of sp³-hybridized carbons (Fsp3) is 0.438. The zero-order valence-electron chi connectivity index (χ0n) is 15.5. The van der Waals surface area contributed by atoms with E-state index in [0.29, 0.717) is 23.9 Å². The van der Waals surface area contributed by atoms with E-state index in [0.717, 1.165) is 26.5 Å². The van der Waals surface area contributed by atoms with Crippen molar-refractivity contribution in [3.63, 3.8) is 0 Å². The number of aromatic nitrogens is 4. The summed E-state index contributed by atoms with van der Waals surface area (Å²) in [6.45, 7) is 3.31. The van der Waals surface area contributed by atoms with Crippen LogP contribution in [0.4, 0.5) is 13.2 Å². The summed E-state index contributed by atoms with van der Waals surface area (Å²) in [6, 6.07) is 1.63. The third kappa shape index (κ3) is 3.36. The zero-order chi connectivity index (χ0) is 21.4. The lowest BCUT2D eigenvalue weighted by Crippen LogP contribution is -2.34. The Morgan fingerprint density at radius 2 is 1.90 bits per heavy atom. The summed E-state index contributed by atoms with van der Waals surface area (Å²) < 4.78 is 71.1. The predicted octanol–water partition coefficient (Wildman–Crippen LogP) is 2.34. The third-order valence-electron chi connectivity index (χ3n) is 4.82. The molecule has 1 saturated carbocycles. The number of alkyl halides is 3. The van der Waals surface area contributed by atoms with Gasteiger partial charge in [0.2, 0.25) is 15.2 Å². The molecule has 2 aromatic heterocycles. The summed E-state index contributed by atoms with van der Waals surface area (Å²) in [4.78, 5) is 12.1. The summed E-state index contributed by atoms with van der Waals surface area (Å²) in [5.74, 6) is 0. The lowest BCUT2D eigenvalue weighted by atomic mass is 10.1. The molecule has 0 unspecified atom stereocenters. The second kappa shape index (κ2) is 6.12. The Morgan fingerprint density at radius 1 is 1.24 bits per heavy atom. The Balaban J connectivity index is 2.07. The highest BCUT2D eigenvalue weighted by Gasteiger charge is 2.43. The Kier molecular flexibility index (Phi) is 4.23. The Labute approximate surface area is 167 Å². The minimum atomic E-state index is -4.87. The Morgan fingerprint density at radius 3 is 2.41 bits per heavy atom. The summed E-state index contributed by atoms with van der Waals surface area (Å²) in [5, 5.41) is 8.20. The number of rotatable bonds is 4. The van der Waals surface area contributed by atoms with Gasteiger partial charge in [-0.3, -0.25) is 4.57 Å². The molecule has 0 atom stereocenters. The molecule has 3 aromatic rings. The van der Waals surface area contributed by atoms with Crippen LogP contribution >= 0.6 is 11.3 Å². The molecular formula is C16H16F3N5O3S2. The number of benzene rings is 1. The molecule has 0 amide bonds. The van der Waals surface area contributed by atoms with Crippen molar-refractivity contribution >= 4 is 32.4 Å². The van der Waals surface area contributed by atoms with Crippen LogP contribution in [0.25, 0.3) is 16.2 Å². The molecule has 156 valence electrons. The first-order valence-electron chi connectivity index (χ1n) is 8.50. The molecule has 4 rings (SSSR count). The Hall–Kier alpha value is -2.25. The van der Waals surface area contributed by atoms with Gasteiger partial charge in [0, 0.05) is 12.6 Å². The maximum absolute atomic E-state index is 13.8. The van der Waals surface area contributed by atoms with E-state index in [1.165, 1.54) is 7.05 Å². The highest BCUT2D eigenvalue weighted by atomic mass is 32.2. The third-order valence-corrected chi connectivity index (χ3v) is 7.26. The largest absolute Gasteiger partial charge is 0.418 e. The van der Waals surface area contributed by atoms with E-state index in [1.54, 1.807) is 13.8 Å². The molecule has 0 saturated heterocycles. The van der Waals surface area contributed by atoms with Crippen LogP contribution in [-0.4, -0.2) is 33.3 Å². The maximum Gasteiger partial charge on any atom is 0.418 e. The molecule has 2 heterocycles. The van der Waals surface area contributed by atoms with Gasteiger partial charge in [0.05, 0.1) is 21.5 Å². The van der Waals surface area contributed by atoms with E-state index in [-0.39, 0.29) is 10.6 Å². The number of sulfonamides is 1. The first kappa shape index (κ1) is 20.0. The number of imidazole rings is 1. The molecule has 29 heavy (non-hydrogen) atoms. The summed E-state index contributed by atoms with van der Waals surface area (Å²) in [5.41, 5.74) is -3.29. The molecule has 1 aromatic carbocycles. The van der Waals surface area contributed by atoms with Crippen LogP contribution in [-0.2, 0) is 23.2 Å². The van der Waals surface area contributed by atoms with Crippen molar-refractivity contribution in [1.82, 2.24) is 24.1 Å². The van der Waals surface area contributed by atoms with Gasteiger partial charge in [-0.15, -0.1) is 10.2 Å². The van der Waals surface area contributed by atoms with E-state index in [1.807, 2.05) is 0 Å². The van der Waals surface area contributed by atoms with Crippen LogP contribution in [0.2, 0.25) is 0 Å². The minimum Gasteiger partial charge on any atom is -0.294 e. The number of nitrogens with one attached hydrogen (secondary N) is 1. The predicted molar refractivity (Wildman–Crippen MR) is 99.7 cm³/mol. The first-order chi connectivity index (χ1) is 13.3. The van der Waals surface area contributed by atoms with Crippen molar-refractivity contribution in [2.75, 3.05) is 0 Å². The summed E-state index contributed by atoms with van der Waals surface area (Å²) in [6.07, 6.45) is -3.68. The van der Waals surface area contributed by atoms with Crippen molar-refractivity contribution < 1.29 is 21.6 Å². The normalized spacial score (nSPS) is 16.5. The fourth-order valence-electron chi connectivity index (χ4n) is 3.07. The number of aryl methyl sites for hydroxylation is 2. The van der Waals surface area contributed by atoms with E-state index in [9.17, 15) is 26.4 Å². The van der Waals surface area contributed by atoms with Gasteiger partial charge in [-0.25, -0.2) is 22.5 Å². The van der Waals surface area contributed by atoms with Crippen molar-refractivity contribution in [1.29, 1.82) is 0 Å². The maximum atomic E-state index is 13.8. The van der Waals surface area contributed by atoms with Crippen molar-refractivity contribution in [3.8, 4) is 5.13 Å². The van der Waals surface area contributed by atoms with E-state index in [2.05, 4.69) is 14.9 Å². The molecule has 1 aliphatic carbocycles. The highest BCUT2D eigenvalue weighted by Crippen LogP contribution is 2.39. The van der Waals surface area contributed by atoms with E-state index in [4.69, 9.17) is 0 Å². The summed E-state index contributed by atoms with van der Waals surface area (Å²) in [7, 11) is -3.04. The second-order valence-electron chi connectivity index (χ2n) is 7.28. The smallest absolute Gasteiger partial charge is 0.294 e. The highest BCUT2D eigenvalue weighted by molar-refractivity contribution is 7.89. The topological polar surface area (TPSA) is 98.9 Å². The molecule has 0 spiro atoms. The molecule has 1 N–H and O–H groups in total. The van der Waals surface area contributed by atoms with Gasteiger partial charge in [-0.05, 0) is 38.8 Å². The van der Waals surface area contributed by atoms with E-state index >= 15 is 0 Å². The standard InChI is InChI=1S/C16H16F3N5O3S2/c1-8-20-21-13(28-8)24-11-7-9(29(26,27)22-15(2)4-5-15)6-10(16(17,18)19)12(11)23(3)14(24)25/h6-7,22H,4-5H2,1-3H3. The van der Waals surface area contributed by atoms with Gasteiger partial charge >= 0.3 is 11.9 Å². The van der Waals surface area contributed by atoms with Gasteiger partial charge in [-0.1, -0.05) is 11.3 Å². The van der Waals surface area contributed by atoms with Crippen LogP contribution in [0.1, 0.15) is 30.3 Å².